The molecule has 88 valence electrons. The Morgan fingerprint density at radius 3 is 2.62 bits per heavy atom. The highest BCUT2D eigenvalue weighted by atomic mass is 19.3. The second kappa shape index (κ2) is 4.84. The average molecular weight is 232 g/mol. The molecule has 0 saturated heterocycles. The Bertz CT molecular complexity index is 457. The monoisotopic (exact) mass is 232 g/mol. The highest BCUT2D eigenvalue weighted by Gasteiger charge is 2.21. The molecule has 0 aromatic carbocycles. The molecule has 0 unspecified atom stereocenters. The van der Waals surface area contributed by atoms with Crippen LogP contribution in [0.15, 0.2) is 11.0 Å². The fourth-order valence-electron chi connectivity index (χ4n) is 1.40. The molecule has 0 aliphatic heterocycles. The van der Waals surface area contributed by atoms with Crippen LogP contribution in [0.4, 0.5) is 8.78 Å². The van der Waals surface area contributed by atoms with Crippen LogP contribution in [0, 0.1) is 0 Å². The molecule has 0 fully saturated rings. The third-order valence-electron chi connectivity index (χ3n) is 2.09. The molecule has 0 spiro atoms. The SMILES string of the molecule is NCc1c[nH]c(=O)c(CC(=O)O)c1C(F)F. The number of alkyl halides is 2. The lowest BCUT2D eigenvalue weighted by molar-refractivity contribution is -0.136. The lowest BCUT2D eigenvalue weighted by Gasteiger charge is -2.10. The molecule has 1 heterocycles. The Labute approximate surface area is 88.9 Å². The van der Waals surface area contributed by atoms with Gasteiger partial charge in [0, 0.05) is 23.9 Å². The van der Waals surface area contributed by atoms with Gasteiger partial charge in [-0.25, -0.2) is 8.78 Å². The van der Waals surface area contributed by atoms with Crippen molar-refractivity contribution in [3.05, 3.63) is 33.2 Å². The summed E-state index contributed by atoms with van der Waals surface area (Å²) in [4.78, 5) is 23.9. The second-order valence-corrected chi connectivity index (χ2v) is 3.11. The zero-order valence-corrected chi connectivity index (χ0v) is 8.17. The first-order valence-electron chi connectivity index (χ1n) is 4.40. The van der Waals surface area contributed by atoms with Crippen LogP contribution in [0.25, 0.3) is 0 Å². The van der Waals surface area contributed by atoms with Crippen molar-refractivity contribution in [2.45, 2.75) is 19.4 Å². The van der Waals surface area contributed by atoms with Gasteiger partial charge in [-0.3, -0.25) is 9.59 Å². The molecule has 0 bridgehead atoms. The highest BCUT2D eigenvalue weighted by Crippen LogP contribution is 2.24. The van der Waals surface area contributed by atoms with E-state index in [0.717, 1.165) is 6.20 Å². The lowest BCUT2D eigenvalue weighted by Crippen LogP contribution is -2.21. The lowest BCUT2D eigenvalue weighted by atomic mass is 10.0. The molecule has 0 aliphatic carbocycles. The predicted octanol–water partition coefficient (Wildman–Crippen LogP) is 0.398. The van der Waals surface area contributed by atoms with Crippen LogP contribution in [-0.2, 0) is 17.8 Å². The number of aromatic amines is 1. The molecule has 0 atom stereocenters. The zero-order chi connectivity index (χ0) is 12.3. The van der Waals surface area contributed by atoms with Gasteiger partial charge in [0.1, 0.15) is 0 Å². The number of hydrogen-bond acceptors (Lipinski definition) is 3. The van der Waals surface area contributed by atoms with Gasteiger partial charge in [-0.15, -0.1) is 0 Å². The third-order valence-corrected chi connectivity index (χ3v) is 2.09. The summed E-state index contributed by atoms with van der Waals surface area (Å²) in [7, 11) is 0. The molecular formula is C9H10F2N2O3. The standard InChI is InChI=1S/C9H10F2N2O3/c10-8(11)7-4(2-12)3-13-9(16)5(7)1-6(14)15/h3,8H,1-2,12H2,(H,13,16)(H,14,15). The Morgan fingerprint density at radius 2 is 2.19 bits per heavy atom. The summed E-state index contributed by atoms with van der Waals surface area (Å²) in [5, 5.41) is 8.53. The van der Waals surface area contributed by atoms with Gasteiger partial charge in [-0.1, -0.05) is 0 Å². The van der Waals surface area contributed by atoms with E-state index in [1.807, 2.05) is 0 Å². The Kier molecular flexibility index (Phi) is 3.73. The number of nitrogens with two attached hydrogens (primary N) is 1. The third kappa shape index (κ3) is 2.43. The van der Waals surface area contributed by atoms with E-state index in [0.29, 0.717) is 0 Å². The average Bonchev–Trinajstić information content (AvgIpc) is 2.19. The van der Waals surface area contributed by atoms with Crippen LogP contribution in [0.1, 0.15) is 23.1 Å². The molecule has 16 heavy (non-hydrogen) atoms. The summed E-state index contributed by atoms with van der Waals surface area (Å²) >= 11 is 0. The van der Waals surface area contributed by atoms with E-state index in [-0.39, 0.29) is 12.1 Å². The van der Waals surface area contributed by atoms with Crippen LogP contribution in [-0.4, -0.2) is 16.1 Å². The fourth-order valence-corrected chi connectivity index (χ4v) is 1.40. The summed E-state index contributed by atoms with van der Waals surface area (Å²) < 4.78 is 25.4. The molecular weight excluding hydrogens is 222 g/mol. The summed E-state index contributed by atoms with van der Waals surface area (Å²) in [5.74, 6) is -1.35. The van der Waals surface area contributed by atoms with Gasteiger partial charge in [0.05, 0.1) is 6.42 Å². The van der Waals surface area contributed by atoms with E-state index >= 15 is 0 Å². The molecule has 0 aliphatic rings. The minimum Gasteiger partial charge on any atom is -0.481 e. The number of pyridine rings is 1. The summed E-state index contributed by atoms with van der Waals surface area (Å²) in [6.45, 7) is -0.191. The smallest absolute Gasteiger partial charge is 0.308 e. The number of rotatable bonds is 4. The van der Waals surface area contributed by atoms with Crippen LogP contribution in [0.5, 0.6) is 0 Å². The predicted molar refractivity (Wildman–Crippen MR) is 51.3 cm³/mol. The van der Waals surface area contributed by atoms with E-state index in [2.05, 4.69) is 4.98 Å². The van der Waals surface area contributed by atoms with E-state index in [1.54, 1.807) is 0 Å². The first-order chi connectivity index (χ1) is 7.47. The minimum atomic E-state index is -2.92. The zero-order valence-electron chi connectivity index (χ0n) is 8.17. The van der Waals surface area contributed by atoms with Crippen LogP contribution in [0.2, 0.25) is 0 Å². The first kappa shape index (κ1) is 12.3. The Hall–Kier alpha value is -1.76. The second-order valence-electron chi connectivity index (χ2n) is 3.11. The van der Waals surface area contributed by atoms with Gasteiger partial charge in [0.2, 0.25) is 0 Å². The maximum absolute atomic E-state index is 12.7. The van der Waals surface area contributed by atoms with Crippen LogP contribution >= 0.6 is 0 Å². The largest absolute Gasteiger partial charge is 0.481 e. The quantitative estimate of drug-likeness (QED) is 0.700. The van der Waals surface area contributed by atoms with Gasteiger partial charge in [0.15, 0.2) is 0 Å². The molecule has 1 rings (SSSR count). The van der Waals surface area contributed by atoms with Crippen molar-refractivity contribution >= 4 is 5.97 Å². The maximum Gasteiger partial charge on any atom is 0.308 e. The normalized spacial score (nSPS) is 10.8. The molecule has 1 aromatic heterocycles. The summed E-state index contributed by atoms with van der Waals surface area (Å²) in [5.41, 5.74) is 3.44. The first-order valence-corrected chi connectivity index (χ1v) is 4.40. The van der Waals surface area contributed by atoms with Gasteiger partial charge in [-0.2, -0.15) is 0 Å². The van der Waals surface area contributed by atoms with Crippen LogP contribution < -0.4 is 11.3 Å². The molecule has 7 heteroatoms. The van der Waals surface area contributed by atoms with E-state index < -0.39 is 35.5 Å². The minimum absolute atomic E-state index is 0.0471. The highest BCUT2D eigenvalue weighted by molar-refractivity contribution is 5.70. The topological polar surface area (TPSA) is 96.2 Å². The molecule has 4 N–H and O–H groups in total. The van der Waals surface area contributed by atoms with Gasteiger partial charge in [-0.05, 0) is 5.56 Å². The van der Waals surface area contributed by atoms with Crippen molar-refractivity contribution in [2.24, 2.45) is 5.73 Å². The van der Waals surface area contributed by atoms with Crippen molar-refractivity contribution < 1.29 is 18.7 Å². The number of H-pyrrole nitrogens is 1. The van der Waals surface area contributed by atoms with Crippen LogP contribution in [0.3, 0.4) is 0 Å². The summed E-state index contributed by atoms with van der Waals surface area (Å²) in [6.07, 6.45) is -2.59. The van der Waals surface area contributed by atoms with E-state index in [1.165, 1.54) is 0 Å². The maximum atomic E-state index is 12.7. The number of carboxylic acid groups (broad SMARTS) is 1. The van der Waals surface area contributed by atoms with Gasteiger partial charge < -0.3 is 15.8 Å². The van der Waals surface area contributed by atoms with Crippen molar-refractivity contribution in [3.8, 4) is 0 Å². The number of nitrogens with one attached hydrogen (secondary N) is 1. The number of aromatic nitrogens is 1. The number of carbonyl (C=O) groups is 1. The summed E-state index contributed by atoms with van der Waals surface area (Å²) in [6, 6.07) is 0. The number of halogens is 2. The molecule has 5 nitrogen and oxygen atoms in total. The van der Waals surface area contributed by atoms with Crippen molar-refractivity contribution in [1.29, 1.82) is 0 Å². The number of carboxylic acids is 1. The molecule has 0 saturated carbocycles. The van der Waals surface area contributed by atoms with Gasteiger partial charge >= 0.3 is 5.97 Å². The van der Waals surface area contributed by atoms with Gasteiger partial charge in [0.25, 0.3) is 12.0 Å². The Morgan fingerprint density at radius 1 is 1.56 bits per heavy atom. The number of hydrogen-bond donors (Lipinski definition) is 3. The fraction of sp³-hybridized carbons (Fsp3) is 0.333. The van der Waals surface area contributed by atoms with Crippen molar-refractivity contribution in [2.75, 3.05) is 0 Å². The number of aliphatic carboxylic acids is 1. The van der Waals surface area contributed by atoms with Crippen molar-refractivity contribution in [3.63, 3.8) is 0 Å². The molecule has 1 aromatic rings. The molecule has 0 amide bonds. The van der Waals surface area contributed by atoms with E-state index in [4.69, 9.17) is 10.8 Å². The Balaban J connectivity index is 3.41. The molecule has 0 radical (unpaired) electrons. The van der Waals surface area contributed by atoms with Crippen molar-refractivity contribution in [1.82, 2.24) is 4.98 Å². The van der Waals surface area contributed by atoms with E-state index in [9.17, 15) is 18.4 Å².